The summed E-state index contributed by atoms with van der Waals surface area (Å²) < 4.78 is 11.3. The number of hydrogen-bond acceptors (Lipinski definition) is 5. The van der Waals surface area contributed by atoms with Crippen LogP contribution in [-0.4, -0.2) is 24.4 Å². The first-order chi connectivity index (χ1) is 12.6. The lowest BCUT2D eigenvalue weighted by Gasteiger charge is -2.14. The van der Waals surface area contributed by atoms with Gasteiger partial charge in [-0.25, -0.2) is 0 Å². The second-order valence-corrected chi connectivity index (χ2v) is 7.54. The van der Waals surface area contributed by atoms with Crippen LogP contribution in [0.3, 0.4) is 0 Å². The summed E-state index contributed by atoms with van der Waals surface area (Å²) in [6.45, 7) is 3.09. The fourth-order valence-electron chi connectivity index (χ4n) is 2.40. The third-order valence-electron chi connectivity index (χ3n) is 3.76. The number of rotatable bonds is 4. The lowest BCUT2D eigenvalue weighted by atomic mass is 10.2. The van der Waals surface area contributed by atoms with Crippen molar-refractivity contribution in [2.24, 2.45) is 0 Å². The number of carbonyl (C=O) groups is 1. The van der Waals surface area contributed by atoms with Gasteiger partial charge in [0, 0.05) is 17.0 Å². The minimum absolute atomic E-state index is 0.150. The fraction of sp³-hybridized carbons (Fsp3) is 0.263. The van der Waals surface area contributed by atoms with Crippen LogP contribution in [0.5, 0.6) is 11.5 Å². The fourth-order valence-corrected chi connectivity index (χ4v) is 3.52. The van der Waals surface area contributed by atoms with Crippen LogP contribution in [-0.2, 0) is 4.79 Å². The average molecular weight is 389 g/mol. The zero-order chi connectivity index (χ0) is 18.5. The van der Waals surface area contributed by atoms with Crippen LogP contribution < -0.4 is 14.8 Å². The maximum atomic E-state index is 12.4. The maximum absolute atomic E-state index is 12.4. The topological polar surface area (TPSA) is 71.3 Å². The molecule has 2 aromatic rings. The Kier molecular flexibility index (Phi) is 5.92. The highest BCUT2D eigenvalue weighted by Crippen LogP contribution is 2.35. The quantitative estimate of drug-likeness (QED) is 0.781. The van der Waals surface area contributed by atoms with Crippen molar-refractivity contribution in [2.75, 3.05) is 18.5 Å². The zero-order valence-electron chi connectivity index (χ0n) is 14.1. The van der Waals surface area contributed by atoms with Crippen molar-refractivity contribution in [3.8, 4) is 17.6 Å². The van der Waals surface area contributed by atoms with E-state index in [0.717, 1.165) is 17.1 Å². The molecule has 2 aromatic carbocycles. The highest BCUT2D eigenvalue weighted by molar-refractivity contribution is 8.00. The van der Waals surface area contributed by atoms with Gasteiger partial charge in [-0.3, -0.25) is 4.79 Å². The third-order valence-corrected chi connectivity index (χ3v) is 5.16. The van der Waals surface area contributed by atoms with Crippen molar-refractivity contribution in [3.63, 3.8) is 0 Å². The molecule has 1 N–H and O–H groups in total. The molecule has 1 unspecified atom stereocenters. The van der Waals surface area contributed by atoms with Gasteiger partial charge in [0.2, 0.25) is 5.91 Å². The molecule has 26 heavy (non-hydrogen) atoms. The molecule has 3 rings (SSSR count). The van der Waals surface area contributed by atoms with Gasteiger partial charge in [0.05, 0.1) is 29.0 Å². The lowest BCUT2D eigenvalue weighted by Crippen LogP contribution is -2.22. The average Bonchev–Trinajstić information content (AvgIpc) is 2.86. The Labute approximate surface area is 161 Å². The highest BCUT2D eigenvalue weighted by atomic mass is 35.5. The summed E-state index contributed by atoms with van der Waals surface area (Å²) in [6.07, 6.45) is 0.850. The molecular formula is C19H17ClN2O3S. The SMILES string of the molecule is CC(Sc1ccc2c(c1)OCCCO2)C(=O)Nc1ccc(C#N)c(Cl)c1. The van der Waals surface area contributed by atoms with Crippen molar-refractivity contribution in [1.82, 2.24) is 0 Å². The summed E-state index contributed by atoms with van der Waals surface area (Å²) >= 11 is 7.43. The Balaban J connectivity index is 1.65. The molecule has 1 aliphatic heterocycles. The van der Waals surface area contributed by atoms with Gasteiger partial charge in [-0.15, -0.1) is 11.8 Å². The van der Waals surface area contributed by atoms with Gasteiger partial charge in [-0.2, -0.15) is 5.26 Å². The molecule has 0 aliphatic carbocycles. The van der Waals surface area contributed by atoms with Crippen LogP contribution in [0.4, 0.5) is 5.69 Å². The number of nitrogens with one attached hydrogen (secondary N) is 1. The molecule has 0 saturated carbocycles. The van der Waals surface area contributed by atoms with E-state index in [1.807, 2.05) is 31.2 Å². The van der Waals surface area contributed by atoms with Gasteiger partial charge in [-0.1, -0.05) is 11.6 Å². The van der Waals surface area contributed by atoms with Crippen molar-refractivity contribution < 1.29 is 14.3 Å². The minimum atomic E-state index is -0.325. The predicted octanol–water partition coefficient (Wildman–Crippen LogP) is 4.49. The Bertz CT molecular complexity index is 866. The molecule has 1 atom stereocenters. The molecule has 1 heterocycles. The van der Waals surface area contributed by atoms with E-state index in [9.17, 15) is 4.79 Å². The molecule has 0 bridgehead atoms. The first kappa shape index (κ1) is 18.4. The van der Waals surface area contributed by atoms with E-state index in [1.54, 1.807) is 18.2 Å². The Hall–Kier alpha value is -2.36. The monoisotopic (exact) mass is 388 g/mol. The van der Waals surface area contributed by atoms with Gasteiger partial charge >= 0.3 is 0 Å². The van der Waals surface area contributed by atoms with Gasteiger partial charge < -0.3 is 14.8 Å². The molecule has 5 nitrogen and oxygen atoms in total. The summed E-state index contributed by atoms with van der Waals surface area (Å²) in [5.74, 6) is 1.29. The number of halogens is 1. The van der Waals surface area contributed by atoms with Crippen LogP contribution in [0.1, 0.15) is 18.9 Å². The largest absolute Gasteiger partial charge is 0.490 e. The molecule has 0 fully saturated rings. The molecule has 0 saturated heterocycles. The molecule has 1 aliphatic rings. The Morgan fingerprint density at radius 1 is 1.23 bits per heavy atom. The van der Waals surface area contributed by atoms with Crippen molar-refractivity contribution in [3.05, 3.63) is 47.0 Å². The number of amides is 1. The van der Waals surface area contributed by atoms with Crippen molar-refractivity contribution in [2.45, 2.75) is 23.5 Å². The van der Waals surface area contributed by atoms with E-state index in [2.05, 4.69) is 5.32 Å². The van der Waals surface area contributed by atoms with Crippen molar-refractivity contribution in [1.29, 1.82) is 5.26 Å². The van der Waals surface area contributed by atoms with E-state index >= 15 is 0 Å². The number of fused-ring (bicyclic) bond motifs is 1. The number of carbonyl (C=O) groups excluding carboxylic acids is 1. The van der Waals surface area contributed by atoms with E-state index in [0.29, 0.717) is 35.2 Å². The number of nitriles is 1. The second kappa shape index (κ2) is 8.35. The summed E-state index contributed by atoms with van der Waals surface area (Å²) in [4.78, 5) is 13.4. The second-order valence-electron chi connectivity index (χ2n) is 5.71. The molecule has 7 heteroatoms. The van der Waals surface area contributed by atoms with Crippen LogP contribution >= 0.6 is 23.4 Å². The van der Waals surface area contributed by atoms with Gasteiger partial charge in [0.15, 0.2) is 11.5 Å². The van der Waals surface area contributed by atoms with Crippen molar-refractivity contribution >= 4 is 35.0 Å². The van der Waals surface area contributed by atoms with E-state index < -0.39 is 0 Å². The number of nitrogens with zero attached hydrogens (tertiary/aromatic N) is 1. The normalized spacial score (nSPS) is 14.0. The molecular weight excluding hydrogens is 372 g/mol. The van der Waals surface area contributed by atoms with E-state index in [4.69, 9.17) is 26.3 Å². The van der Waals surface area contributed by atoms with E-state index in [-0.39, 0.29) is 11.2 Å². The molecule has 1 amide bonds. The first-order valence-electron chi connectivity index (χ1n) is 8.13. The number of ether oxygens (including phenoxy) is 2. The van der Waals surface area contributed by atoms with Gasteiger partial charge in [0.25, 0.3) is 0 Å². The number of hydrogen-bond donors (Lipinski definition) is 1. The maximum Gasteiger partial charge on any atom is 0.237 e. The molecule has 0 spiro atoms. The minimum Gasteiger partial charge on any atom is -0.490 e. The molecule has 0 aromatic heterocycles. The first-order valence-corrected chi connectivity index (χ1v) is 9.39. The van der Waals surface area contributed by atoms with Gasteiger partial charge in [0.1, 0.15) is 6.07 Å². The third kappa shape index (κ3) is 4.43. The number of thioether (sulfide) groups is 1. The van der Waals surface area contributed by atoms with Gasteiger partial charge in [-0.05, 0) is 43.3 Å². The van der Waals surface area contributed by atoms with Crippen LogP contribution in [0, 0.1) is 11.3 Å². The standard InChI is InChI=1S/C19H17ClN2O3S/c1-12(19(23)22-14-4-3-13(11-21)16(20)9-14)26-15-5-6-17-18(10-15)25-8-2-7-24-17/h3-6,9-10,12H,2,7-8H2,1H3,(H,22,23). The molecule has 0 radical (unpaired) electrons. The number of benzene rings is 2. The smallest absolute Gasteiger partial charge is 0.237 e. The lowest BCUT2D eigenvalue weighted by molar-refractivity contribution is -0.115. The summed E-state index contributed by atoms with van der Waals surface area (Å²) in [7, 11) is 0. The number of anilines is 1. The van der Waals surface area contributed by atoms with Crippen LogP contribution in [0.15, 0.2) is 41.3 Å². The van der Waals surface area contributed by atoms with Crippen LogP contribution in [0.25, 0.3) is 0 Å². The summed E-state index contributed by atoms with van der Waals surface area (Å²) in [5.41, 5.74) is 0.935. The Morgan fingerprint density at radius 2 is 2.00 bits per heavy atom. The summed E-state index contributed by atoms with van der Waals surface area (Å²) in [6, 6.07) is 12.5. The summed E-state index contributed by atoms with van der Waals surface area (Å²) in [5, 5.41) is 11.7. The molecule has 134 valence electrons. The predicted molar refractivity (Wildman–Crippen MR) is 102 cm³/mol. The Morgan fingerprint density at radius 3 is 2.73 bits per heavy atom. The highest BCUT2D eigenvalue weighted by Gasteiger charge is 2.17. The zero-order valence-corrected chi connectivity index (χ0v) is 15.7. The van der Waals surface area contributed by atoms with E-state index in [1.165, 1.54) is 11.8 Å². The van der Waals surface area contributed by atoms with Crippen LogP contribution in [0.2, 0.25) is 5.02 Å².